The van der Waals surface area contributed by atoms with Gasteiger partial charge in [0.15, 0.2) is 17.2 Å². The Hall–Kier alpha value is -3.75. The van der Waals surface area contributed by atoms with E-state index in [9.17, 15) is 9.59 Å². The van der Waals surface area contributed by atoms with Crippen LogP contribution in [-0.2, 0) is 11.2 Å². The predicted molar refractivity (Wildman–Crippen MR) is 112 cm³/mol. The van der Waals surface area contributed by atoms with Crippen molar-refractivity contribution < 1.29 is 19.4 Å². The molecule has 1 saturated heterocycles. The first kappa shape index (κ1) is 19.2. The minimum absolute atomic E-state index is 0.132. The number of benzene rings is 1. The normalized spacial score (nSPS) is 19.7. The van der Waals surface area contributed by atoms with Gasteiger partial charge < -0.3 is 19.7 Å². The van der Waals surface area contributed by atoms with Crippen molar-refractivity contribution in [3.63, 3.8) is 0 Å². The van der Waals surface area contributed by atoms with E-state index in [4.69, 9.17) is 9.84 Å². The molecule has 3 heterocycles. The Balaban J connectivity index is 1.36. The number of allylic oxidation sites excluding steroid dienone is 1. The van der Waals surface area contributed by atoms with Crippen molar-refractivity contribution in [2.45, 2.75) is 31.7 Å². The lowest BCUT2D eigenvalue weighted by Crippen LogP contribution is -2.35. The summed E-state index contributed by atoms with van der Waals surface area (Å²) in [5, 5.41) is 8.99. The van der Waals surface area contributed by atoms with Gasteiger partial charge in [0.1, 0.15) is 24.2 Å². The number of carbonyl (C=O) groups excluding carboxylic acids is 1. The summed E-state index contributed by atoms with van der Waals surface area (Å²) in [6.45, 7) is 1.32. The highest BCUT2D eigenvalue weighted by Gasteiger charge is 2.30. The molecule has 2 aliphatic rings. The van der Waals surface area contributed by atoms with Crippen molar-refractivity contribution in [3.8, 4) is 5.75 Å². The Morgan fingerprint density at radius 3 is 3.06 bits per heavy atom. The van der Waals surface area contributed by atoms with Crippen LogP contribution in [0.3, 0.4) is 0 Å². The maximum absolute atomic E-state index is 12.7. The fourth-order valence-corrected chi connectivity index (χ4v) is 4.44. The second-order valence-corrected chi connectivity index (χ2v) is 7.72. The van der Waals surface area contributed by atoms with E-state index in [1.807, 2.05) is 6.07 Å². The van der Waals surface area contributed by atoms with Crippen molar-refractivity contribution in [1.82, 2.24) is 19.9 Å². The molecule has 9 heteroatoms. The molecule has 0 spiro atoms. The Morgan fingerprint density at radius 2 is 2.19 bits per heavy atom. The molecule has 2 aromatic heterocycles. The third-order valence-corrected chi connectivity index (χ3v) is 5.89. The van der Waals surface area contributed by atoms with Crippen LogP contribution in [0.15, 0.2) is 42.5 Å². The number of hydrogen-bond donors (Lipinski definition) is 2. The van der Waals surface area contributed by atoms with Gasteiger partial charge in [-0.2, -0.15) is 0 Å². The number of imidazole rings is 1. The van der Waals surface area contributed by atoms with Crippen LogP contribution < -0.4 is 9.64 Å². The van der Waals surface area contributed by atoms with Gasteiger partial charge >= 0.3 is 5.97 Å². The van der Waals surface area contributed by atoms with Gasteiger partial charge in [0.2, 0.25) is 0 Å². The quantitative estimate of drug-likeness (QED) is 0.605. The van der Waals surface area contributed by atoms with E-state index >= 15 is 0 Å². The Morgan fingerprint density at radius 1 is 1.29 bits per heavy atom. The average molecular weight is 419 g/mol. The van der Waals surface area contributed by atoms with Crippen molar-refractivity contribution in [2.24, 2.45) is 0 Å². The van der Waals surface area contributed by atoms with E-state index in [-0.39, 0.29) is 11.8 Å². The van der Waals surface area contributed by atoms with Crippen molar-refractivity contribution in [1.29, 1.82) is 0 Å². The molecule has 1 atom stereocenters. The molecule has 0 bridgehead atoms. The van der Waals surface area contributed by atoms with Gasteiger partial charge in [-0.05, 0) is 31.7 Å². The predicted octanol–water partition coefficient (Wildman–Crippen LogP) is 2.54. The summed E-state index contributed by atoms with van der Waals surface area (Å²) in [7, 11) is 0. The summed E-state index contributed by atoms with van der Waals surface area (Å²) in [4.78, 5) is 41.9. The standard InChI is InChI=1S/C22H21N5O4/c28-18(29)9-13-6-7-15-16(20(13)30)4-1-5-17(15)31-10-14-3-2-8-27(14)22-19-21(24-11-23-19)25-12-26-22/h1,4-5,9,11-12,14H,2-3,6-8,10H2,(H,28,29)(H,23,24,25,26)/b13-9-/t14-/m1/s1. The fourth-order valence-electron chi connectivity index (χ4n) is 4.44. The minimum Gasteiger partial charge on any atom is -0.491 e. The number of hydrogen-bond acceptors (Lipinski definition) is 7. The lowest BCUT2D eigenvalue weighted by Gasteiger charge is -2.27. The van der Waals surface area contributed by atoms with Crippen molar-refractivity contribution in [3.05, 3.63) is 53.6 Å². The third kappa shape index (κ3) is 3.52. The molecule has 3 aromatic rings. The van der Waals surface area contributed by atoms with Crippen LogP contribution in [0.5, 0.6) is 5.75 Å². The van der Waals surface area contributed by atoms with E-state index in [1.54, 1.807) is 18.5 Å². The van der Waals surface area contributed by atoms with Gasteiger partial charge in [-0.15, -0.1) is 0 Å². The first-order chi connectivity index (χ1) is 15.1. The zero-order valence-electron chi connectivity index (χ0n) is 16.7. The summed E-state index contributed by atoms with van der Waals surface area (Å²) in [6, 6.07) is 5.51. The Bertz CT molecular complexity index is 1200. The van der Waals surface area contributed by atoms with E-state index in [0.717, 1.165) is 42.4 Å². The van der Waals surface area contributed by atoms with Crippen LogP contribution in [0, 0.1) is 0 Å². The van der Waals surface area contributed by atoms with Crippen LogP contribution in [0.1, 0.15) is 35.2 Å². The lowest BCUT2D eigenvalue weighted by atomic mass is 9.86. The van der Waals surface area contributed by atoms with Gasteiger partial charge in [0, 0.05) is 29.3 Å². The average Bonchev–Trinajstić information content (AvgIpc) is 3.43. The van der Waals surface area contributed by atoms with E-state index in [1.165, 1.54) is 6.33 Å². The largest absolute Gasteiger partial charge is 0.491 e. The zero-order chi connectivity index (χ0) is 21.4. The van der Waals surface area contributed by atoms with Crippen molar-refractivity contribution in [2.75, 3.05) is 18.1 Å². The molecule has 31 heavy (non-hydrogen) atoms. The molecule has 0 radical (unpaired) electrons. The van der Waals surface area contributed by atoms with Crippen molar-refractivity contribution >= 4 is 28.7 Å². The van der Waals surface area contributed by atoms with Gasteiger partial charge in [-0.25, -0.2) is 19.7 Å². The van der Waals surface area contributed by atoms with E-state index < -0.39 is 5.97 Å². The summed E-state index contributed by atoms with van der Waals surface area (Å²) >= 11 is 0. The number of aliphatic carboxylic acids is 1. The molecular formula is C22H21N5O4. The van der Waals surface area contributed by atoms with Gasteiger partial charge in [-0.1, -0.05) is 12.1 Å². The highest BCUT2D eigenvalue weighted by atomic mass is 16.5. The van der Waals surface area contributed by atoms with Gasteiger partial charge in [0.05, 0.1) is 12.4 Å². The second-order valence-electron chi connectivity index (χ2n) is 7.72. The maximum atomic E-state index is 12.7. The number of carboxylic acid groups (broad SMARTS) is 1. The molecule has 5 rings (SSSR count). The van der Waals surface area contributed by atoms with Crippen LogP contribution in [0.25, 0.3) is 11.2 Å². The number of anilines is 1. The summed E-state index contributed by atoms with van der Waals surface area (Å²) in [6.07, 6.45) is 7.12. The molecule has 158 valence electrons. The molecule has 0 unspecified atom stereocenters. The van der Waals surface area contributed by atoms with E-state index in [2.05, 4.69) is 24.8 Å². The smallest absolute Gasteiger partial charge is 0.328 e. The van der Waals surface area contributed by atoms with Crippen LogP contribution >= 0.6 is 0 Å². The highest BCUT2D eigenvalue weighted by Crippen LogP contribution is 2.33. The van der Waals surface area contributed by atoms with E-state index in [0.29, 0.717) is 42.0 Å². The summed E-state index contributed by atoms with van der Waals surface area (Å²) in [5.41, 5.74) is 3.14. The number of rotatable bonds is 5. The molecule has 2 N–H and O–H groups in total. The number of carbonyl (C=O) groups is 2. The molecule has 1 aliphatic carbocycles. The number of fused-ring (bicyclic) bond motifs is 2. The van der Waals surface area contributed by atoms with Crippen LogP contribution in [0.4, 0.5) is 5.82 Å². The number of nitrogens with one attached hydrogen (secondary N) is 1. The number of H-pyrrole nitrogens is 1. The topological polar surface area (TPSA) is 121 Å². The monoisotopic (exact) mass is 419 g/mol. The molecule has 1 aromatic carbocycles. The Kier molecular flexibility index (Phi) is 4.85. The molecule has 0 saturated carbocycles. The Labute approximate surface area is 177 Å². The zero-order valence-corrected chi connectivity index (χ0v) is 16.7. The SMILES string of the molecule is O=C(O)/C=C1/CCc2c(OC[C@H]3CCCN3c3ncnc4[nH]cnc34)cccc2C1=O. The number of nitrogens with zero attached hydrogens (tertiary/aromatic N) is 4. The maximum Gasteiger partial charge on any atom is 0.328 e. The summed E-state index contributed by atoms with van der Waals surface area (Å²) < 4.78 is 6.20. The number of Topliss-reactive ketones (excluding diaryl/α,β-unsaturated/α-hetero) is 1. The molecule has 9 nitrogen and oxygen atoms in total. The molecule has 1 aliphatic heterocycles. The number of carboxylic acids is 1. The van der Waals surface area contributed by atoms with Gasteiger partial charge in [-0.3, -0.25) is 4.79 Å². The van der Waals surface area contributed by atoms with Gasteiger partial charge in [0.25, 0.3) is 0 Å². The summed E-state index contributed by atoms with van der Waals surface area (Å²) in [5.74, 6) is 0.139. The second kappa shape index (κ2) is 7.82. The number of aromatic amines is 1. The lowest BCUT2D eigenvalue weighted by molar-refractivity contribution is -0.131. The first-order valence-corrected chi connectivity index (χ1v) is 10.3. The van der Waals surface area contributed by atoms with Crippen LogP contribution in [0.2, 0.25) is 0 Å². The first-order valence-electron chi connectivity index (χ1n) is 10.3. The molecule has 1 fully saturated rings. The highest BCUT2D eigenvalue weighted by molar-refractivity contribution is 6.13. The number of aromatic nitrogens is 4. The molecular weight excluding hydrogens is 398 g/mol. The third-order valence-electron chi connectivity index (χ3n) is 5.89. The number of ether oxygens (including phenoxy) is 1. The minimum atomic E-state index is -1.10. The molecule has 0 amide bonds. The number of ketones is 1. The fraction of sp³-hybridized carbons (Fsp3) is 0.318. The van der Waals surface area contributed by atoms with Crippen LogP contribution in [-0.4, -0.2) is 56.0 Å².